The summed E-state index contributed by atoms with van der Waals surface area (Å²) in [5, 5.41) is 19.1. The molecular weight excluding hydrogens is 630 g/mol. The predicted octanol–water partition coefficient (Wildman–Crippen LogP) is 3.88. The lowest BCUT2D eigenvalue weighted by Crippen LogP contribution is -2.59. The van der Waals surface area contributed by atoms with Gasteiger partial charge in [0, 0.05) is 47.7 Å². The third kappa shape index (κ3) is 8.19. The number of aromatic nitrogens is 3. The maximum absolute atomic E-state index is 13.9. The van der Waals surface area contributed by atoms with E-state index in [1.54, 1.807) is 4.90 Å². The van der Waals surface area contributed by atoms with Crippen molar-refractivity contribution in [3.8, 4) is 0 Å². The molecule has 6 N–H and O–H groups in total. The highest BCUT2D eigenvalue weighted by Gasteiger charge is 2.34. The van der Waals surface area contributed by atoms with Crippen LogP contribution in [0.5, 0.6) is 0 Å². The number of H-pyrrole nitrogens is 2. The van der Waals surface area contributed by atoms with Crippen molar-refractivity contribution in [2.45, 2.75) is 96.4 Å². The van der Waals surface area contributed by atoms with Gasteiger partial charge in [-0.3, -0.25) is 9.59 Å². The Morgan fingerprint density at radius 2 is 1.66 bits per heavy atom. The molecule has 0 radical (unpaired) electrons. The molecule has 0 bridgehead atoms. The first-order chi connectivity index (χ1) is 20.9. The van der Waals surface area contributed by atoms with Gasteiger partial charge in [-0.05, 0) is 73.0 Å². The molecule has 1 saturated heterocycles. The normalized spacial score (nSPS) is 18.9. The first-order valence-electron chi connectivity index (χ1n) is 15.1. The molecule has 0 spiro atoms. The van der Waals surface area contributed by atoms with Crippen LogP contribution < -0.4 is 16.0 Å². The number of carbonyl (C=O) groups is 4. The zero-order chi connectivity index (χ0) is 32.0. The van der Waals surface area contributed by atoms with E-state index in [2.05, 4.69) is 46.8 Å². The number of hydrogen-bond donors (Lipinski definition) is 6. The summed E-state index contributed by atoms with van der Waals surface area (Å²) in [6.45, 7) is 7.93. The summed E-state index contributed by atoms with van der Waals surface area (Å²) in [5.74, 6) is -2.32. The number of carboxylic acids is 1. The number of carboxylic acid groups (broad SMARTS) is 1. The fraction of sp³-hybridized carbons (Fsp3) is 0.516. The molecule has 2 aromatic heterocycles. The van der Waals surface area contributed by atoms with Crippen LogP contribution in [0.4, 0.5) is 4.79 Å². The van der Waals surface area contributed by atoms with Crippen molar-refractivity contribution in [2.75, 3.05) is 0 Å². The number of likely N-dealkylation sites (tertiary alicyclic amines) is 1. The number of nitrogens with one attached hydrogen (secondary N) is 5. The number of aliphatic carboxylic acids is 1. The van der Waals surface area contributed by atoms with Crippen molar-refractivity contribution in [3.05, 3.63) is 52.7 Å². The van der Waals surface area contributed by atoms with Gasteiger partial charge in [0.2, 0.25) is 11.8 Å². The number of imidazole rings is 1. The van der Waals surface area contributed by atoms with Crippen LogP contribution in [0, 0.1) is 5.92 Å². The van der Waals surface area contributed by atoms with E-state index in [1.807, 2.05) is 52.0 Å². The second-order valence-electron chi connectivity index (χ2n) is 12.1. The number of piperidine rings is 1. The Balaban J connectivity index is 1.59. The average molecular weight is 673 g/mol. The molecule has 1 aromatic carbocycles. The van der Waals surface area contributed by atoms with Gasteiger partial charge in [-0.15, -0.1) is 0 Å². The zero-order valence-corrected chi connectivity index (χ0v) is 27.1. The largest absolute Gasteiger partial charge is 0.480 e. The molecule has 0 saturated carbocycles. The van der Waals surface area contributed by atoms with E-state index in [0.717, 1.165) is 35.7 Å². The van der Waals surface area contributed by atoms with Crippen molar-refractivity contribution in [3.63, 3.8) is 0 Å². The average Bonchev–Trinajstić information content (AvgIpc) is 3.58. The van der Waals surface area contributed by atoms with Crippen molar-refractivity contribution >= 4 is 50.6 Å². The number of carbonyl (C=O) groups excluding carboxylic acids is 3. The molecule has 1 aliphatic rings. The number of para-hydroxylation sites is 1. The van der Waals surface area contributed by atoms with Crippen molar-refractivity contribution < 1.29 is 24.3 Å². The summed E-state index contributed by atoms with van der Waals surface area (Å²) >= 11 is 3.55. The zero-order valence-electron chi connectivity index (χ0n) is 25.5. The summed E-state index contributed by atoms with van der Waals surface area (Å²) in [6.07, 6.45) is 6.16. The van der Waals surface area contributed by atoms with Crippen LogP contribution >= 0.6 is 15.9 Å². The van der Waals surface area contributed by atoms with Crippen LogP contribution in [0.25, 0.3) is 10.9 Å². The van der Waals surface area contributed by atoms with Crippen molar-refractivity contribution in [1.29, 1.82) is 0 Å². The van der Waals surface area contributed by atoms with E-state index in [1.165, 1.54) is 12.5 Å². The van der Waals surface area contributed by atoms with Gasteiger partial charge in [0.05, 0.1) is 10.9 Å². The van der Waals surface area contributed by atoms with Gasteiger partial charge in [-0.2, -0.15) is 0 Å². The minimum absolute atomic E-state index is 0.0171. The van der Waals surface area contributed by atoms with Gasteiger partial charge < -0.3 is 35.9 Å². The quantitative estimate of drug-likeness (QED) is 0.171. The summed E-state index contributed by atoms with van der Waals surface area (Å²) < 4.78 is 0.651. The Hall–Kier alpha value is -3.87. The van der Waals surface area contributed by atoms with Crippen LogP contribution in [0.3, 0.4) is 0 Å². The first kappa shape index (κ1) is 33.0. The fourth-order valence-electron chi connectivity index (χ4n) is 5.89. The Bertz CT molecular complexity index is 1450. The molecule has 4 rings (SSSR count). The second-order valence-corrected chi connectivity index (χ2v) is 12.9. The van der Waals surface area contributed by atoms with Crippen LogP contribution in [-0.4, -0.2) is 79.0 Å². The highest BCUT2D eigenvalue weighted by atomic mass is 79.9. The molecule has 44 heavy (non-hydrogen) atoms. The molecule has 12 nitrogen and oxygen atoms in total. The van der Waals surface area contributed by atoms with E-state index in [-0.39, 0.29) is 36.9 Å². The standard InChI is InChI=1S/C31H42BrN7O5/c1-17(2)12-24(38-31(44)39-18(3)8-7-9-19(39)4)28(40)36-25(14-22-21-10-5-6-11-23(21)35-27(22)32)29(41)37-26(30(42)43)13-20-15-33-16-34-20/h5-6,10-11,15-19,24-26,35H,7-9,12-14H2,1-4H3,(H,33,34)(H,36,40)(H,37,41)(H,38,44)(H,42,43)/t18-,19+,24?,25-,26?/m1/s1. The van der Waals surface area contributed by atoms with E-state index in [9.17, 15) is 24.3 Å². The third-order valence-electron chi connectivity index (χ3n) is 8.15. The molecule has 1 aliphatic heterocycles. The van der Waals surface area contributed by atoms with Gasteiger partial charge in [0.15, 0.2) is 0 Å². The third-order valence-corrected chi connectivity index (χ3v) is 8.82. The molecule has 4 amide bonds. The fourth-order valence-corrected chi connectivity index (χ4v) is 6.48. The highest BCUT2D eigenvalue weighted by molar-refractivity contribution is 9.10. The number of aromatic amines is 2. The topological polar surface area (TPSA) is 172 Å². The van der Waals surface area contributed by atoms with Gasteiger partial charge in [-0.1, -0.05) is 32.0 Å². The Morgan fingerprint density at radius 3 is 2.30 bits per heavy atom. The van der Waals surface area contributed by atoms with Crippen LogP contribution in [0.1, 0.15) is 64.6 Å². The van der Waals surface area contributed by atoms with E-state index in [4.69, 9.17) is 0 Å². The summed E-state index contributed by atoms with van der Waals surface area (Å²) in [5.41, 5.74) is 2.14. The maximum Gasteiger partial charge on any atom is 0.326 e. The second kappa shape index (κ2) is 14.7. The number of fused-ring (bicyclic) bond motifs is 1. The highest BCUT2D eigenvalue weighted by Crippen LogP contribution is 2.28. The lowest BCUT2D eigenvalue weighted by molar-refractivity contribution is -0.142. The van der Waals surface area contributed by atoms with Gasteiger partial charge >= 0.3 is 12.0 Å². The smallest absolute Gasteiger partial charge is 0.326 e. The Kier molecular flexibility index (Phi) is 11.1. The number of rotatable bonds is 12. The van der Waals surface area contributed by atoms with Crippen LogP contribution in [0.15, 0.2) is 41.4 Å². The maximum atomic E-state index is 13.9. The van der Waals surface area contributed by atoms with E-state index < -0.39 is 35.9 Å². The SMILES string of the molecule is CC(C)CC(NC(=O)N1[C@H](C)CCC[C@@H]1C)C(=O)N[C@H](Cc1c(Br)[nH]c2ccccc12)C(=O)NC(Cc1cnc[nH]1)C(=O)O. The number of urea groups is 1. The number of amides is 4. The number of halogens is 1. The number of nitrogens with zero attached hydrogens (tertiary/aromatic N) is 2. The summed E-state index contributed by atoms with van der Waals surface area (Å²) in [4.78, 5) is 65.0. The molecular formula is C31H42BrN7O5. The Labute approximate surface area is 265 Å². The molecule has 3 heterocycles. The minimum Gasteiger partial charge on any atom is -0.480 e. The Morgan fingerprint density at radius 1 is 1.00 bits per heavy atom. The van der Waals surface area contributed by atoms with Crippen molar-refractivity contribution in [2.24, 2.45) is 5.92 Å². The van der Waals surface area contributed by atoms with E-state index >= 15 is 0 Å². The molecule has 5 atom stereocenters. The molecule has 2 unspecified atom stereocenters. The lowest BCUT2D eigenvalue weighted by atomic mass is 9.97. The minimum atomic E-state index is -1.26. The lowest BCUT2D eigenvalue weighted by Gasteiger charge is -2.39. The van der Waals surface area contributed by atoms with Gasteiger partial charge in [0.1, 0.15) is 18.1 Å². The monoisotopic (exact) mass is 671 g/mol. The molecule has 238 valence electrons. The van der Waals surface area contributed by atoms with Crippen LogP contribution in [0.2, 0.25) is 0 Å². The molecule has 1 fully saturated rings. The number of hydrogen-bond acceptors (Lipinski definition) is 5. The van der Waals surface area contributed by atoms with E-state index in [0.29, 0.717) is 16.7 Å². The number of benzene rings is 1. The first-order valence-corrected chi connectivity index (χ1v) is 15.9. The predicted molar refractivity (Wildman–Crippen MR) is 170 cm³/mol. The van der Waals surface area contributed by atoms with Gasteiger partial charge in [0.25, 0.3) is 0 Å². The molecule has 13 heteroatoms. The van der Waals surface area contributed by atoms with Gasteiger partial charge in [-0.25, -0.2) is 14.6 Å². The summed E-state index contributed by atoms with van der Waals surface area (Å²) in [7, 11) is 0. The summed E-state index contributed by atoms with van der Waals surface area (Å²) in [6, 6.07) is 4.05. The van der Waals surface area contributed by atoms with Crippen molar-refractivity contribution in [1.82, 2.24) is 35.8 Å². The van der Waals surface area contributed by atoms with Crippen LogP contribution in [-0.2, 0) is 27.2 Å². The molecule has 3 aromatic rings. The molecule has 0 aliphatic carbocycles.